The van der Waals surface area contributed by atoms with Gasteiger partial charge < -0.3 is 15.0 Å². The van der Waals surface area contributed by atoms with Crippen molar-refractivity contribution in [3.8, 4) is 0 Å². The SMILES string of the molecule is COC(=O)c1ccc(CNC(c2ccccc2)C(C)C)[nH]1. The molecular weight excluding hydrogens is 264 g/mol. The van der Waals surface area contributed by atoms with Gasteiger partial charge in [0.15, 0.2) is 0 Å². The van der Waals surface area contributed by atoms with Crippen molar-refractivity contribution in [2.24, 2.45) is 5.92 Å². The number of hydrogen-bond acceptors (Lipinski definition) is 3. The van der Waals surface area contributed by atoms with E-state index in [0.29, 0.717) is 18.2 Å². The second kappa shape index (κ2) is 7.09. The molecule has 0 amide bonds. The molecular formula is C17H22N2O2. The van der Waals surface area contributed by atoms with Crippen LogP contribution in [0.3, 0.4) is 0 Å². The quantitative estimate of drug-likeness (QED) is 0.801. The van der Waals surface area contributed by atoms with Crippen LogP contribution in [0.1, 0.15) is 41.6 Å². The van der Waals surface area contributed by atoms with Crippen LogP contribution in [0, 0.1) is 5.92 Å². The standard InChI is InChI=1S/C17H22N2O2/c1-12(2)16(13-7-5-4-6-8-13)18-11-14-9-10-15(19-14)17(20)21-3/h4-10,12,16,18-19H,11H2,1-3H3. The lowest BCUT2D eigenvalue weighted by Crippen LogP contribution is -2.25. The van der Waals surface area contributed by atoms with Crippen LogP contribution in [0.4, 0.5) is 0 Å². The molecule has 4 nitrogen and oxygen atoms in total. The smallest absolute Gasteiger partial charge is 0.354 e. The van der Waals surface area contributed by atoms with E-state index in [1.54, 1.807) is 6.07 Å². The molecule has 2 N–H and O–H groups in total. The van der Waals surface area contributed by atoms with Gasteiger partial charge in [-0.1, -0.05) is 44.2 Å². The van der Waals surface area contributed by atoms with Crippen molar-refractivity contribution < 1.29 is 9.53 Å². The number of carbonyl (C=O) groups excluding carboxylic acids is 1. The summed E-state index contributed by atoms with van der Waals surface area (Å²) in [6, 6.07) is 14.3. The highest BCUT2D eigenvalue weighted by atomic mass is 16.5. The number of hydrogen-bond donors (Lipinski definition) is 2. The van der Waals surface area contributed by atoms with E-state index in [9.17, 15) is 4.79 Å². The topological polar surface area (TPSA) is 54.1 Å². The summed E-state index contributed by atoms with van der Waals surface area (Å²) in [5.74, 6) is 0.132. The molecule has 0 aliphatic heterocycles. The molecule has 112 valence electrons. The average Bonchev–Trinajstić information content (AvgIpc) is 2.96. The fraction of sp³-hybridized carbons (Fsp3) is 0.353. The van der Waals surface area contributed by atoms with Crippen molar-refractivity contribution in [3.63, 3.8) is 0 Å². The molecule has 0 aliphatic rings. The van der Waals surface area contributed by atoms with Crippen LogP contribution in [0.5, 0.6) is 0 Å². The van der Waals surface area contributed by atoms with Gasteiger partial charge in [-0.25, -0.2) is 4.79 Å². The zero-order valence-corrected chi connectivity index (χ0v) is 12.7. The Morgan fingerprint density at radius 2 is 1.90 bits per heavy atom. The number of methoxy groups -OCH3 is 1. The van der Waals surface area contributed by atoms with Crippen LogP contribution in [0.25, 0.3) is 0 Å². The third-order valence-corrected chi connectivity index (χ3v) is 3.49. The van der Waals surface area contributed by atoms with Crippen molar-refractivity contribution in [3.05, 3.63) is 59.4 Å². The molecule has 4 heteroatoms. The lowest BCUT2D eigenvalue weighted by atomic mass is 9.96. The molecule has 0 spiro atoms. The minimum absolute atomic E-state index is 0.274. The molecule has 1 atom stereocenters. The highest BCUT2D eigenvalue weighted by molar-refractivity contribution is 5.87. The lowest BCUT2D eigenvalue weighted by Gasteiger charge is -2.22. The largest absolute Gasteiger partial charge is 0.464 e. The van der Waals surface area contributed by atoms with Gasteiger partial charge in [-0.3, -0.25) is 0 Å². The molecule has 0 bridgehead atoms. The van der Waals surface area contributed by atoms with Crippen LogP contribution in [-0.2, 0) is 11.3 Å². The van der Waals surface area contributed by atoms with Crippen LogP contribution in [0.15, 0.2) is 42.5 Å². The Morgan fingerprint density at radius 3 is 2.52 bits per heavy atom. The van der Waals surface area contributed by atoms with E-state index in [-0.39, 0.29) is 12.0 Å². The Kier molecular flexibility index (Phi) is 5.17. The Morgan fingerprint density at radius 1 is 1.19 bits per heavy atom. The molecule has 2 aromatic rings. The average molecular weight is 286 g/mol. The molecule has 1 aromatic carbocycles. The minimum Gasteiger partial charge on any atom is -0.464 e. The number of ether oxygens (including phenoxy) is 1. The number of rotatable bonds is 6. The summed E-state index contributed by atoms with van der Waals surface area (Å²) >= 11 is 0. The van der Waals surface area contributed by atoms with E-state index in [0.717, 1.165) is 5.69 Å². The summed E-state index contributed by atoms with van der Waals surface area (Å²) in [5, 5.41) is 3.54. The maximum atomic E-state index is 11.4. The summed E-state index contributed by atoms with van der Waals surface area (Å²) in [6.45, 7) is 5.06. The van der Waals surface area contributed by atoms with E-state index in [4.69, 9.17) is 4.74 Å². The first-order valence-corrected chi connectivity index (χ1v) is 7.16. The van der Waals surface area contributed by atoms with Gasteiger partial charge in [0, 0.05) is 18.3 Å². The van der Waals surface area contributed by atoms with Crippen molar-refractivity contribution in [2.75, 3.05) is 7.11 Å². The van der Waals surface area contributed by atoms with E-state index in [1.807, 2.05) is 12.1 Å². The van der Waals surface area contributed by atoms with Crippen molar-refractivity contribution >= 4 is 5.97 Å². The molecule has 2 rings (SSSR count). The van der Waals surface area contributed by atoms with Crippen LogP contribution < -0.4 is 5.32 Å². The lowest BCUT2D eigenvalue weighted by molar-refractivity contribution is 0.0594. The molecule has 1 unspecified atom stereocenters. The van der Waals surface area contributed by atoms with Gasteiger partial charge in [-0.2, -0.15) is 0 Å². The number of aromatic nitrogens is 1. The van der Waals surface area contributed by atoms with Gasteiger partial charge in [0.05, 0.1) is 7.11 Å². The second-order valence-corrected chi connectivity index (χ2v) is 5.40. The third kappa shape index (κ3) is 3.95. The summed E-state index contributed by atoms with van der Waals surface area (Å²) in [6.07, 6.45) is 0. The first-order valence-electron chi connectivity index (χ1n) is 7.16. The Balaban J connectivity index is 2.02. The fourth-order valence-electron chi connectivity index (χ4n) is 2.39. The molecule has 0 saturated carbocycles. The van der Waals surface area contributed by atoms with E-state index in [1.165, 1.54) is 12.7 Å². The molecule has 0 aliphatic carbocycles. The van der Waals surface area contributed by atoms with E-state index >= 15 is 0 Å². The van der Waals surface area contributed by atoms with Gasteiger partial charge in [-0.05, 0) is 23.6 Å². The maximum Gasteiger partial charge on any atom is 0.354 e. The number of nitrogens with one attached hydrogen (secondary N) is 2. The zero-order valence-electron chi connectivity index (χ0n) is 12.7. The molecule has 21 heavy (non-hydrogen) atoms. The highest BCUT2D eigenvalue weighted by Gasteiger charge is 2.15. The Hall–Kier alpha value is -2.07. The summed E-state index contributed by atoms with van der Waals surface area (Å²) < 4.78 is 4.69. The Labute approximate surface area is 125 Å². The van der Waals surface area contributed by atoms with Crippen LogP contribution >= 0.6 is 0 Å². The van der Waals surface area contributed by atoms with Gasteiger partial charge >= 0.3 is 5.97 Å². The minimum atomic E-state index is -0.343. The molecule has 0 fully saturated rings. The second-order valence-electron chi connectivity index (χ2n) is 5.40. The number of esters is 1. The van der Waals surface area contributed by atoms with E-state index in [2.05, 4.69) is 48.4 Å². The molecule has 0 saturated heterocycles. The molecule has 1 heterocycles. The van der Waals surface area contributed by atoms with Crippen LogP contribution in [0.2, 0.25) is 0 Å². The number of H-pyrrole nitrogens is 1. The first-order chi connectivity index (χ1) is 10.1. The molecule has 1 aromatic heterocycles. The predicted molar refractivity (Wildman–Crippen MR) is 83.0 cm³/mol. The third-order valence-electron chi connectivity index (χ3n) is 3.49. The monoisotopic (exact) mass is 286 g/mol. The number of benzene rings is 1. The normalized spacial score (nSPS) is 12.4. The van der Waals surface area contributed by atoms with Gasteiger partial charge in [0.25, 0.3) is 0 Å². The fourth-order valence-corrected chi connectivity index (χ4v) is 2.39. The van der Waals surface area contributed by atoms with Gasteiger partial charge in [0.1, 0.15) is 5.69 Å². The van der Waals surface area contributed by atoms with Crippen LogP contribution in [-0.4, -0.2) is 18.1 Å². The Bertz CT molecular complexity index is 575. The summed E-state index contributed by atoms with van der Waals surface area (Å²) in [5.41, 5.74) is 2.72. The van der Waals surface area contributed by atoms with Crippen molar-refractivity contribution in [2.45, 2.75) is 26.4 Å². The first kappa shape index (κ1) is 15.3. The summed E-state index contributed by atoms with van der Waals surface area (Å²) in [4.78, 5) is 14.5. The molecule has 0 radical (unpaired) electrons. The summed E-state index contributed by atoms with van der Waals surface area (Å²) in [7, 11) is 1.38. The van der Waals surface area contributed by atoms with Crippen molar-refractivity contribution in [1.82, 2.24) is 10.3 Å². The van der Waals surface area contributed by atoms with Gasteiger partial charge in [-0.15, -0.1) is 0 Å². The van der Waals surface area contributed by atoms with Crippen molar-refractivity contribution in [1.29, 1.82) is 0 Å². The number of aromatic amines is 1. The maximum absolute atomic E-state index is 11.4. The highest BCUT2D eigenvalue weighted by Crippen LogP contribution is 2.21. The number of carbonyl (C=O) groups is 1. The van der Waals surface area contributed by atoms with E-state index < -0.39 is 0 Å². The van der Waals surface area contributed by atoms with Gasteiger partial charge in [0.2, 0.25) is 0 Å². The zero-order chi connectivity index (χ0) is 15.2. The predicted octanol–water partition coefficient (Wildman–Crippen LogP) is 3.29.